The van der Waals surface area contributed by atoms with Crippen molar-refractivity contribution in [2.75, 3.05) is 29.0 Å². The fourth-order valence-electron chi connectivity index (χ4n) is 2.23. The van der Waals surface area contributed by atoms with Gasteiger partial charge < -0.3 is 16.0 Å². The van der Waals surface area contributed by atoms with E-state index in [9.17, 15) is 4.79 Å². The maximum atomic E-state index is 12.2. The zero-order valence-electron chi connectivity index (χ0n) is 16.4. The summed E-state index contributed by atoms with van der Waals surface area (Å²) in [5.41, 5.74) is 2.88. The SMILES string of the molecule is CC(C)CNc1cc(NCC(C)C)cc(NC(=O)CC(C)(C)C)c1. The average Bonchev–Trinajstić information content (AvgIpc) is 2.40. The maximum absolute atomic E-state index is 12.2. The number of nitrogens with one attached hydrogen (secondary N) is 3. The van der Waals surface area contributed by atoms with Crippen LogP contribution in [0.25, 0.3) is 0 Å². The van der Waals surface area contributed by atoms with Crippen molar-refractivity contribution in [3.05, 3.63) is 18.2 Å². The molecule has 0 aliphatic carbocycles. The van der Waals surface area contributed by atoms with E-state index in [1.54, 1.807) is 0 Å². The van der Waals surface area contributed by atoms with E-state index in [1.807, 2.05) is 12.1 Å². The third-order valence-corrected chi connectivity index (χ3v) is 3.34. The number of carbonyl (C=O) groups excluding carboxylic acids is 1. The molecule has 136 valence electrons. The third-order valence-electron chi connectivity index (χ3n) is 3.34. The van der Waals surface area contributed by atoms with Crippen LogP contribution in [0.4, 0.5) is 17.1 Å². The van der Waals surface area contributed by atoms with Crippen molar-refractivity contribution in [1.29, 1.82) is 0 Å². The Hall–Kier alpha value is -1.71. The summed E-state index contributed by atoms with van der Waals surface area (Å²) in [6.07, 6.45) is 0.505. The Kier molecular flexibility index (Phi) is 7.59. The molecule has 4 heteroatoms. The van der Waals surface area contributed by atoms with Crippen LogP contribution in [0.15, 0.2) is 18.2 Å². The summed E-state index contributed by atoms with van der Waals surface area (Å²) < 4.78 is 0. The van der Waals surface area contributed by atoms with Crippen LogP contribution in [0, 0.1) is 17.3 Å². The predicted octanol–water partition coefficient (Wildman–Crippen LogP) is 5.20. The normalized spacial score (nSPS) is 11.7. The monoisotopic (exact) mass is 333 g/mol. The highest BCUT2D eigenvalue weighted by molar-refractivity contribution is 5.92. The van der Waals surface area contributed by atoms with Gasteiger partial charge in [0.05, 0.1) is 0 Å². The highest BCUT2D eigenvalue weighted by Crippen LogP contribution is 2.25. The molecule has 0 saturated heterocycles. The Morgan fingerprint density at radius 1 is 0.875 bits per heavy atom. The van der Waals surface area contributed by atoms with Crippen LogP contribution in [0.5, 0.6) is 0 Å². The van der Waals surface area contributed by atoms with Gasteiger partial charge in [0.25, 0.3) is 0 Å². The summed E-state index contributed by atoms with van der Waals surface area (Å²) in [4.78, 5) is 12.2. The first-order valence-electron chi connectivity index (χ1n) is 8.98. The molecule has 24 heavy (non-hydrogen) atoms. The molecule has 0 aromatic heterocycles. The molecule has 4 nitrogen and oxygen atoms in total. The first-order chi connectivity index (χ1) is 11.0. The first-order valence-corrected chi connectivity index (χ1v) is 8.98. The molecule has 1 aromatic carbocycles. The standard InChI is InChI=1S/C20H35N3O/c1-14(2)12-21-16-8-17(22-13-15(3)4)10-18(9-16)23-19(24)11-20(5,6)7/h8-10,14-15,21-22H,11-13H2,1-7H3,(H,23,24). The van der Waals surface area contributed by atoms with Gasteiger partial charge in [0.15, 0.2) is 0 Å². The zero-order chi connectivity index (χ0) is 18.3. The van der Waals surface area contributed by atoms with E-state index in [1.165, 1.54) is 0 Å². The second-order valence-electron chi connectivity index (χ2n) is 8.63. The lowest BCUT2D eigenvalue weighted by molar-refractivity contribution is -0.117. The quantitative estimate of drug-likeness (QED) is 0.613. The minimum atomic E-state index is -0.0176. The van der Waals surface area contributed by atoms with Crippen LogP contribution >= 0.6 is 0 Å². The van der Waals surface area contributed by atoms with Crippen molar-refractivity contribution in [1.82, 2.24) is 0 Å². The molecule has 0 atom stereocenters. The molecule has 1 amide bonds. The van der Waals surface area contributed by atoms with Crippen LogP contribution in [0.3, 0.4) is 0 Å². The molecule has 1 aromatic rings. The fourth-order valence-corrected chi connectivity index (χ4v) is 2.23. The molecule has 0 saturated carbocycles. The lowest BCUT2D eigenvalue weighted by Crippen LogP contribution is -2.20. The highest BCUT2D eigenvalue weighted by Gasteiger charge is 2.16. The molecule has 0 radical (unpaired) electrons. The summed E-state index contributed by atoms with van der Waals surface area (Å²) in [6, 6.07) is 6.11. The van der Waals surface area contributed by atoms with Gasteiger partial charge in [0.2, 0.25) is 5.91 Å². The third kappa shape index (κ3) is 8.80. The second-order valence-corrected chi connectivity index (χ2v) is 8.63. The molecule has 1 rings (SSSR count). The van der Waals surface area contributed by atoms with E-state index in [2.05, 4.69) is 70.5 Å². The molecule has 0 bridgehead atoms. The van der Waals surface area contributed by atoms with Gasteiger partial charge in [-0.2, -0.15) is 0 Å². The Morgan fingerprint density at radius 3 is 1.67 bits per heavy atom. The minimum Gasteiger partial charge on any atom is -0.385 e. The van der Waals surface area contributed by atoms with Crippen molar-refractivity contribution >= 4 is 23.0 Å². The number of hydrogen-bond acceptors (Lipinski definition) is 3. The van der Waals surface area contributed by atoms with Crippen molar-refractivity contribution < 1.29 is 4.79 Å². The maximum Gasteiger partial charge on any atom is 0.224 e. The Morgan fingerprint density at radius 2 is 1.29 bits per heavy atom. The minimum absolute atomic E-state index is 0.0176. The first kappa shape index (κ1) is 20.3. The molecule has 0 aliphatic rings. The van der Waals surface area contributed by atoms with Gasteiger partial charge in [-0.25, -0.2) is 0 Å². The fraction of sp³-hybridized carbons (Fsp3) is 0.650. The largest absolute Gasteiger partial charge is 0.385 e. The van der Waals surface area contributed by atoms with Gasteiger partial charge >= 0.3 is 0 Å². The van der Waals surface area contributed by atoms with Crippen molar-refractivity contribution in [3.8, 4) is 0 Å². The molecule has 0 heterocycles. The highest BCUT2D eigenvalue weighted by atomic mass is 16.1. The molecule has 0 fully saturated rings. The van der Waals surface area contributed by atoms with Crippen molar-refractivity contribution in [2.24, 2.45) is 17.3 Å². The Labute approximate surface area is 147 Å². The smallest absolute Gasteiger partial charge is 0.224 e. The van der Waals surface area contributed by atoms with Gasteiger partial charge in [0.1, 0.15) is 0 Å². The van der Waals surface area contributed by atoms with E-state index >= 15 is 0 Å². The van der Waals surface area contributed by atoms with E-state index < -0.39 is 0 Å². The van der Waals surface area contributed by atoms with E-state index in [4.69, 9.17) is 0 Å². The number of hydrogen-bond donors (Lipinski definition) is 3. The molecular formula is C20H35N3O. The Bertz CT molecular complexity index is 500. The summed E-state index contributed by atoms with van der Waals surface area (Å²) in [5.74, 6) is 1.19. The molecular weight excluding hydrogens is 298 g/mol. The number of rotatable bonds is 8. The second kappa shape index (κ2) is 8.95. The van der Waals surface area contributed by atoms with E-state index in [0.717, 1.165) is 30.2 Å². The zero-order valence-corrected chi connectivity index (χ0v) is 16.4. The lowest BCUT2D eigenvalue weighted by Gasteiger charge is -2.19. The molecule has 0 spiro atoms. The molecule has 0 unspecified atom stereocenters. The summed E-state index contributed by atoms with van der Waals surface area (Å²) in [6.45, 7) is 16.8. The van der Waals surface area contributed by atoms with Gasteiger partial charge in [-0.1, -0.05) is 48.5 Å². The van der Waals surface area contributed by atoms with Crippen LogP contribution in [-0.4, -0.2) is 19.0 Å². The predicted molar refractivity (Wildman–Crippen MR) is 106 cm³/mol. The van der Waals surface area contributed by atoms with Crippen LogP contribution in [-0.2, 0) is 4.79 Å². The van der Waals surface area contributed by atoms with Crippen LogP contribution in [0.2, 0.25) is 0 Å². The summed E-state index contributed by atoms with van der Waals surface area (Å²) >= 11 is 0. The topological polar surface area (TPSA) is 53.2 Å². The van der Waals surface area contributed by atoms with Crippen molar-refractivity contribution in [2.45, 2.75) is 54.9 Å². The van der Waals surface area contributed by atoms with Crippen LogP contribution in [0.1, 0.15) is 54.9 Å². The number of carbonyl (C=O) groups is 1. The van der Waals surface area contributed by atoms with Gasteiger partial charge in [-0.05, 0) is 35.4 Å². The van der Waals surface area contributed by atoms with Crippen LogP contribution < -0.4 is 16.0 Å². The summed E-state index contributed by atoms with van der Waals surface area (Å²) in [5, 5.41) is 9.92. The number of anilines is 3. The van der Waals surface area contributed by atoms with Crippen molar-refractivity contribution in [3.63, 3.8) is 0 Å². The lowest BCUT2D eigenvalue weighted by atomic mass is 9.92. The molecule has 3 N–H and O–H groups in total. The van der Waals surface area contributed by atoms with Gasteiger partial charge in [0, 0.05) is 36.6 Å². The van der Waals surface area contributed by atoms with Gasteiger partial charge in [-0.3, -0.25) is 4.79 Å². The Balaban J connectivity index is 2.89. The average molecular weight is 334 g/mol. The van der Waals surface area contributed by atoms with E-state index in [-0.39, 0.29) is 11.3 Å². The van der Waals surface area contributed by atoms with Gasteiger partial charge in [-0.15, -0.1) is 0 Å². The summed E-state index contributed by atoms with van der Waals surface area (Å²) in [7, 11) is 0. The van der Waals surface area contributed by atoms with E-state index in [0.29, 0.717) is 18.3 Å². The molecule has 0 aliphatic heterocycles. The number of benzene rings is 1. The number of amides is 1.